The van der Waals surface area contributed by atoms with Gasteiger partial charge in [-0.15, -0.1) is 0 Å². The fraction of sp³-hybridized carbons (Fsp3) is 0.154. The molecule has 3 rings (SSSR count). The van der Waals surface area contributed by atoms with Gasteiger partial charge in [-0.3, -0.25) is 0 Å². The Labute approximate surface area is 123 Å². The molecular formula is C13H11BrFN5. The van der Waals surface area contributed by atoms with E-state index in [9.17, 15) is 4.39 Å². The number of halogens is 2. The van der Waals surface area contributed by atoms with Crippen LogP contribution in [0.4, 0.5) is 10.2 Å². The monoisotopic (exact) mass is 335 g/mol. The first-order chi connectivity index (χ1) is 9.65. The van der Waals surface area contributed by atoms with Gasteiger partial charge in [0, 0.05) is 18.6 Å². The van der Waals surface area contributed by atoms with E-state index in [1.807, 2.05) is 6.92 Å². The van der Waals surface area contributed by atoms with Gasteiger partial charge in [-0.25, -0.2) is 14.5 Å². The normalized spacial score (nSPS) is 12.6. The maximum Gasteiger partial charge on any atom is 0.213 e. The summed E-state index contributed by atoms with van der Waals surface area (Å²) in [6.07, 6.45) is 6.58. The molecule has 1 atom stereocenters. The molecule has 1 unspecified atom stereocenters. The molecule has 0 fully saturated rings. The van der Waals surface area contributed by atoms with Gasteiger partial charge in [0.1, 0.15) is 5.52 Å². The van der Waals surface area contributed by atoms with Crippen LogP contribution in [0.3, 0.4) is 0 Å². The van der Waals surface area contributed by atoms with Gasteiger partial charge in [0.05, 0.1) is 16.7 Å². The zero-order chi connectivity index (χ0) is 14.1. The van der Waals surface area contributed by atoms with Crippen LogP contribution in [0.1, 0.15) is 18.5 Å². The molecule has 0 aromatic carbocycles. The number of nitrogens with zero attached hydrogens (tertiary/aromatic N) is 4. The molecule has 0 bridgehead atoms. The van der Waals surface area contributed by atoms with Crippen LogP contribution in [0.2, 0.25) is 0 Å². The number of nitrogens with one attached hydrogen (secondary N) is 1. The lowest BCUT2D eigenvalue weighted by Crippen LogP contribution is -2.09. The summed E-state index contributed by atoms with van der Waals surface area (Å²) in [5, 5.41) is 7.45. The quantitative estimate of drug-likeness (QED) is 0.747. The Balaban J connectivity index is 1.95. The molecule has 5 nitrogen and oxygen atoms in total. The Bertz CT molecular complexity index is 757. The molecular weight excluding hydrogens is 325 g/mol. The predicted octanol–water partition coefficient (Wildman–Crippen LogP) is 3.20. The fourth-order valence-electron chi connectivity index (χ4n) is 1.99. The van der Waals surface area contributed by atoms with E-state index >= 15 is 0 Å². The number of pyridine rings is 1. The minimum atomic E-state index is -0.493. The van der Waals surface area contributed by atoms with Gasteiger partial charge in [0.2, 0.25) is 5.95 Å². The molecule has 3 aromatic rings. The second-order valence-electron chi connectivity index (χ2n) is 4.34. The molecule has 20 heavy (non-hydrogen) atoms. The highest BCUT2D eigenvalue weighted by molar-refractivity contribution is 9.10. The van der Waals surface area contributed by atoms with Gasteiger partial charge < -0.3 is 5.32 Å². The van der Waals surface area contributed by atoms with Crippen molar-refractivity contribution >= 4 is 27.3 Å². The van der Waals surface area contributed by atoms with Crippen molar-refractivity contribution in [1.29, 1.82) is 0 Å². The lowest BCUT2D eigenvalue weighted by molar-refractivity contribution is 0.579. The van der Waals surface area contributed by atoms with E-state index in [1.165, 1.54) is 12.3 Å². The number of fused-ring (bicyclic) bond motifs is 1. The third-order valence-electron chi connectivity index (χ3n) is 2.99. The molecule has 0 aliphatic carbocycles. The smallest absolute Gasteiger partial charge is 0.213 e. The van der Waals surface area contributed by atoms with Crippen LogP contribution in [-0.4, -0.2) is 19.6 Å². The fourth-order valence-corrected chi connectivity index (χ4v) is 2.45. The van der Waals surface area contributed by atoms with Gasteiger partial charge in [-0.2, -0.15) is 9.49 Å². The lowest BCUT2D eigenvalue weighted by atomic mass is 10.1. The first-order valence-electron chi connectivity index (χ1n) is 6.01. The summed E-state index contributed by atoms with van der Waals surface area (Å²) in [6, 6.07) is 3.07. The Morgan fingerprint density at radius 2 is 2.20 bits per heavy atom. The highest BCUT2D eigenvalue weighted by Gasteiger charge is 2.12. The van der Waals surface area contributed by atoms with E-state index in [-0.39, 0.29) is 6.04 Å². The Morgan fingerprint density at radius 3 is 3.00 bits per heavy atom. The SMILES string of the molecule is CC(Nc1nccn2ncc(Br)c12)c1ccnc(F)c1. The van der Waals surface area contributed by atoms with Crippen molar-refractivity contribution in [2.75, 3.05) is 5.32 Å². The number of hydrogen-bond acceptors (Lipinski definition) is 4. The van der Waals surface area contributed by atoms with Crippen LogP contribution in [0.15, 0.2) is 41.4 Å². The Morgan fingerprint density at radius 1 is 1.35 bits per heavy atom. The summed E-state index contributed by atoms with van der Waals surface area (Å²) >= 11 is 3.44. The van der Waals surface area contributed by atoms with Gasteiger partial charge in [0.15, 0.2) is 5.82 Å². The average Bonchev–Trinajstić information content (AvgIpc) is 2.82. The molecule has 7 heteroatoms. The largest absolute Gasteiger partial charge is 0.362 e. The predicted molar refractivity (Wildman–Crippen MR) is 76.9 cm³/mol. The molecule has 0 saturated carbocycles. The molecule has 0 aliphatic heterocycles. The topological polar surface area (TPSA) is 55.1 Å². The second-order valence-corrected chi connectivity index (χ2v) is 5.19. The molecule has 0 spiro atoms. The van der Waals surface area contributed by atoms with Crippen molar-refractivity contribution in [2.45, 2.75) is 13.0 Å². The van der Waals surface area contributed by atoms with E-state index in [1.54, 1.807) is 29.2 Å². The Hall–Kier alpha value is -2.02. The Kier molecular flexibility index (Phi) is 3.35. The highest BCUT2D eigenvalue weighted by atomic mass is 79.9. The van der Waals surface area contributed by atoms with Crippen LogP contribution >= 0.6 is 15.9 Å². The molecule has 0 aliphatic rings. The molecule has 0 radical (unpaired) electrons. The average molecular weight is 336 g/mol. The summed E-state index contributed by atoms with van der Waals surface area (Å²) in [6.45, 7) is 1.93. The van der Waals surface area contributed by atoms with Crippen molar-refractivity contribution in [3.05, 3.63) is 52.9 Å². The zero-order valence-corrected chi connectivity index (χ0v) is 12.2. The molecule has 3 aromatic heterocycles. The first-order valence-corrected chi connectivity index (χ1v) is 6.80. The van der Waals surface area contributed by atoms with Crippen molar-refractivity contribution in [3.8, 4) is 0 Å². The molecule has 3 heterocycles. The summed E-state index contributed by atoms with van der Waals surface area (Å²) in [4.78, 5) is 7.87. The van der Waals surface area contributed by atoms with Crippen LogP contribution in [-0.2, 0) is 0 Å². The minimum absolute atomic E-state index is 0.104. The molecule has 102 valence electrons. The highest BCUT2D eigenvalue weighted by Crippen LogP contribution is 2.26. The number of aromatic nitrogens is 4. The third-order valence-corrected chi connectivity index (χ3v) is 3.57. The summed E-state index contributed by atoms with van der Waals surface area (Å²) in [5.74, 6) is 0.189. The van der Waals surface area contributed by atoms with E-state index in [0.29, 0.717) is 5.82 Å². The van der Waals surface area contributed by atoms with E-state index in [4.69, 9.17) is 0 Å². The maximum absolute atomic E-state index is 13.2. The number of hydrogen-bond donors (Lipinski definition) is 1. The number of anilines is 1. The van der Waals surface area contributed by atoms with Gasteiger partial charge in [-0.1, -0.05) is 0 Å². The van der Waals surface area contributed by atoms with E-state index in [0.717, 1.165) is 15.6 Å². The van der Waals surface area contributed by atoms with Crippen molar-refractivity contribution in [3.63, 3.8) is 0 Å². The van der Waals surface area contributed by atoms with Crippen LogP contribution in [0, 0.1) is 5.95 Å². The van der Waals surface area contributed by atoms with Crippen molar-refractivity contribution < 1.29 is 4.39 Å². The standard InChI is InChI=1S/C13H11BrFN5/c1-8(9-2-3-16-11(15)6-9)19-13-12-10(14)7-18-20(12)5-4-17-13/h2-8H,1H3,(H,17,19). The molecule has 0 saturated heterocycles. The zero-order valence-electron chi connectivity index (χ0n) is 10.6. The van der Waals surface area contributed by atoms with Crippen LogP contribution in [0.5, 0.6) is 0 Å². The van der Waals surface area contributed by atoms with Gasteiger partial charge >= 0.3 is 0 Å². The number of rotatable bonds is 3. The summed E-state index contributed by atoms with van der Waals surface area (Å²) in [5.41, 5.74) is 1.64. The molecule has 0 amide bonds. The third kappa shape index (κ3) is 2.36. The van der Waals surface area contributed by atoms with Crippen LogP contribution in [0.25, 0.3) is 5.52 Å². The lowest BCUT2D eigenvalue weighted by Gasteiger charge is -2.15. The summed E-state index contributed by atoms with van der Waals surface area (Å²) < 4.78 is 15.7. The minimum Gasteiger partial charge on any atom is -0.362 e. The van der Waals surface area contributed by atoms with Gasteiger partial charge in [0.25, 0.3) is 0 Å². The van der Waals surface area contributed by atoms with E-state index in [2.05, 4.69) is 36.3 Å². The van der Waals surface area contributed by atoms with E-state index < -0.39 is 5.95 Å². The van der Waals surface area contributed by atoms with Crippen molar-refractivity contribution in [2.24, 2.45) is 0 Å². The van der Waals surface area contributed by atoms with Crippen LogP contribution < -0.4 is 5.32 Å². The van der Waals surface area contributed by atoms with Crippen molar-refractivity contribution in [1.82, 2.24) is 19.6 Å². The van der Waals surface area contributed by atoms with Gasteiger partial charge in [-0.05, 0) is 40.5 Å². The summed E-state index contributed by atoms with van der Waals surface area (Å²) in [7, 11) is 0. The maximum atomic E-state index is 13.2. The first kappa shape index (κ1) is 13.0. The second kappa shape index (κ2) is 5.16. The molecule has 1 N–H and O–H groups in total.